The fraction of sp³-hybridized carbons (Fsp3) is 0.481. The lowest BCUT2D eigenvalue weighted by Gasteiger charge is -2.44. The Balaban J connectivity index is 1.59. The third-order valence-electron chi connectivity index (χ3n) is 8.48. The van der Waals surface area contributed by atoms with Gasteiger partial charge in [0.05, 0.1) is 43.6 Å². The van der Waals surface area contributed by atoms with Gasteiger partial charge < -0.3 is 20.1 Å². The van der Waals surface area contributed by atoms with Crippen LogP contribution in [0.4, 0.5) is 0 Å². The number of ether oxygens (including phenoxy) is 1. The van der Waals surface area contributed by atoms with Gasteiger partial charge in [-0.3, -0.25) is 38.6 Å². The number of benzene rings is 1. The minimum atomic E-state index is -1.15. The van der Waals surface area contributed by atoms with Crippen molar-refractivity contribution in [2.45, 2.75) is 31.6 Å². The Morgan fingerprint density at radius 3 is 2.05 bits per heavy atom. The molecule has 2 heterocycles. The molecule has 12 heteroatoms. The zero-order chi connectivity index (χ0) is 28.2. The van der Waals surface area contributed by atoms with Crippen molar-refractivity contribution < 1.29 is 48.8 Å². The Morgan fingerprint density at radius 2 is 1.46 bits per heavy atom. The van der Waals surface area contributed by atoms with Gasteiger partial charge in [-0.1, -0.05) is 17.7 Å². The molecule has 1 aromatic rings. The monoisotopic (exact) mass is 540 g/mol. The number of carboxylic acid groups (broad SMARTS) is 2. The number of hydrogen-bond donors (Lipinski definition) is 3. The lowest BCUT2D eigenvalue weighted by Crippen LogP contribution is -2.43. The molecule has 3 fully saturated rings. The molecular formula is C27H28N2O10. The number of imide groups is 2. The summed E-state index contributed by atoms with van der Waals surface area (Å²) in [5.74, 6) is -8.57. The predicted octanol–water partition coefficient (Wildman–Crippen LogP) is 0.986. The van der Waals surface area contributed by atoms with Gasteiger partial charge in [0.2, 0.25) is 23.6 Å². The Bertz CT molecular complexity index is 1320. The van der Waals surface area contributed by atoms with E-state index in [4.69, 9.17) is 14.9 Å². The second-order valence-corrected chi connectivity index (χ2v) is 10.4. The average molecular weight is 541 g/mol. The molecular weight excluding hydrogens is 512 g/mol. The number of carboxylic acids is 2. The molecule has 3 N–H and O–H groups in total. The quantitative estimate of drug-likeness (QED) is 0.318. The molecule has 0 spiro atoms. The molecule has 2 saturated heterocycles. The fourth-order valence-electron chi connectivity index (χ4n) is 6.88. The number of aromatic hydroxyl groups is 1. The number of amides is 4. The molecule has 206 valence electrons. The van der Waals surface area contributed by atoms with E-state index in [1.165, 1.54) is 19.2 Å². The third kappa shape index (κ3) is 4.23. The van der Waals surface area contributed by atoms with E-state index < -0.39 is 77.5 Å². The molecule has 1 saturated carbocycles. The van der Waals surface area contributed by atoms with Crippen molar-refractivity contribution in [3.05, 3.63) is 35.4 Å². The van der Waals surface area contributed by atoms with Gasteiger partial charge in [0.25, 0.3) is 0 Å². The van der Waals surface area contributed by atoms with Crippen molar-refractivity contribution in [3.8, 4) is 11.5 Å². The zero-order valence-electron chi connectivity index (χ0n) is 21.1. The highest BCUT2D eigenvalue weighted by Crippen LogP contribution is 2.59. The molecule has 4 amide bonds. The van der Waals surface area contributed by atoms with Crippen molar-refractivity contribution >= 4 is 35.6 Å². The molecule has 2 aliphatic carbocycles. The summed E-state index contributed by atoms with van der Waals surface area (Å²) in [5.41, 5.74) is 1.24. The number of fused-ring (bicyclic) bond motifs is 4. The van der Waals surface area contributed by atoms with E-state index in [9.17, 15) is 33.9 Å². The highest BCUT2D eigenvalue weighted by molar-refractivity contribution is 6.08. The highest BCUT2D eigenvalue weighted by atomic mass is 16.5. The Labute approximate surface area is 222 Å². The van der Waals surface area contributed by atoms with Crippen molar-refractivity contribution in [1.82, 2.24) is 9.80 Å². The summed E-state index contributed by atoms with van der Waals surface area (Å²) in [6.07, 6.45) is 1.37. The lowest BCUT2D eigenvalue weighted by molar-refractivity contribution is -0.145. The largest absolute Gasteiger partial charge is 0.508 e. The summed E-state index contributed by atoms with van der Waals surface area (Å²) in [6, 6.07) is 4.43. The minimum Gasteiger partial charge on any atom is -0.508 e. The first-order valence-electron chi connectivity index (χ1n) is 12.8. The fourth-order valence-corrected chi connectivity index (χ4v) is 6.88. The summed E-state index contributed by atoms with van der Waals surface area (Å²) < 4.78 is 5.51. The van der Waals surface area contributed by atoms with Crippen LogP contribution < -0.4 is 4.74 Å². The van der Waals surface area contributed by atoms with Gasteiger partial charge in [-0.15, -0.1) is 0 Å². The van der Waals surface area contributed by atoms with Crippen LogP contribution in [-0.4, -0.2) is 80.9 Å². The molecule has 0 bridgehead atoms. The molecule has 0 unspecified atom stereocenters. The van der Waals surface area contributed by atoms with Gasteiger partial charge in [-0.05, 0) is 24.8 Å². The average Bonchev–Trinajstić information content (AvgIpc) is 3.28. The lowest BCUT2D eigenvalue weighted by atomic mass is 9.57. The Kier molecular flexibility index (Phi) is 6.65. The SMILES string of the molecule is COc1cc(O)ccc1[C@H]1C2=CC[C@@H]3C(=O)N(CCC(=O)O)C(=O)[C@@H]3[C@@H]2C[C@H]2C(=O)N(CCC(=O)O)C(=O)[C@@H]12. The molecule has 0 aromatic heterocycles. The van der Waals surface area contributed by atoms with E-state index in [0.29, 0.717) is 11.1 Å². The highest BCUT2D eigenvalue weighted by Gasteiger charge is 2.62. The first-order chi connectivity index (χ1) is 18.5. The normalized spacial score (nSPS) is 29.6. The molecule has 1 aromatic carbocycles. The standard InChI is InChI=1S/C27H28N2O10/c1-39-18-10-12(30)2-3-14(18)21-13-4-5-15-22(26(37)28(24(15)35)8-6-19(31)32)16(13)11-17-23(21)27(38)29(25(17)36)9-7-20(33)34/h2-4,10,15-17,21-23,30H,5-9,11H2,1H3,(H,31,32)(H,33,34)/t15-,16+,17+,21+,22-,23+/m0/s1. The first kappa shape index (κ1) is 26.4. The predicted molar refractivity (Wildman–Crippen MR) is 130 cm³/mol. The van der Waals surface area contributed by atoms with Crippen molar-refractivity contribution in [3.63, 3.8) is 0 Å². The molecule has 4 aliphatic rings. The Hall–Kier alpha value is -4.22. The number of aliphatic carboxylic acids is 2. The number of allylic oxidation sites excluding steroid dienone is 2. The number of nitrogens with zero attached hydrogens (tertiary/aromatic N) is 2. The third-order valence-corrected chi connectivity index (χ3v) is 8.48. The van der Waals surface area contributed by atoms with Crippen LogP contribution >= 0.6 is 0 Å². The Morgan fingerprint density at radius 1 is 0.872 bits per heavy atom. The molecule has 39 heavy (non-hydrogen) atoms. The molecule has 12 nitrogen and oxygen atoms in total. The summed E-state index contributed by atoms with van der Waals surface area (Å²) in [5, 5.41) is 28.3. The van der Waals surface area contributed by atoms with E-state index in [1.807, 2.05) is 6.08 Å². The minimum absolute atomic E-state index is 0.0697. The van der Waals surface area contributed by atoms with Crippen LogP contribution in [0.5, 0.6) is 11.5 Å². The number of carbonyl (C=O) groups excluding carboxylic acids is 4. The number of rotatable bonds is 8. The van der Waals surface area contributed by atoms with Gasteiger partial charge in [0, 0.05) is 30.6 Å². The second kappa shape index (κ2) is 9.83. The first-order valence-corrected chi connectivity index (χ1v) is 12.8. The van der Waals surface area contributed by atoms with Gasteiger partial charge in [0.15, 0.2) is 0 Å². The van der Waals surface area contributed by atoms with Gasteiger partial charge >= 0.3 is 11.9 Å². The van der Waals surface area contributed by atoms with E-state index in [2.05, 4.69) is 0 Å². The van der Waals surface area contributed by atoms with Crippen LogP contribution in [0.25, 0.3) is 0 Å². The van der Waals surface area contributed by atoms with Gasteiger partial charge in [0.1, 0.15) is 11.5 Å². The maximum atomic E-state index is 13.6. The smallest absolute Gasteiger partial charge is 0.305 e. The van der Waals surface area contributed by atoms with Crippen LogP contribution in [0.3, 0.4) is 0 Å². The number of hydrogen-bond acceptors (Lipinski definition) is 8. The van der Waals surface area contributed by atoms with Crippen molar-refractivity contribution in [2.24, 2.45) is 29.6 Å². The van der Waals surface area contributed by atoms with E-state index in [-0.39, 0.29) is 43.9 Å². The van der Waals surface area contributed by atoms with Crippen LogP contribution in [0, 0.1) is 29.6 Å². The van der Waals surface area contributed by atoms with Gasteiger partial charge in [-0.2, -0.15) is 0 Å². The topological polar surface area (TPSA) is 179 Å². The van der Waals surface area contributed by atoms with E-state index in [1.54, 1.807) is 6.07 Å². The number of likely N-dealkylation sites (tertiary alicyclic amines) is 2. The van der Waals surface area contributed by atoms with Crippen LogP contribution in [0.15, 0.2) is 29.8 Å². The van der Waals surface area contributed by atoms with Gasteiger partial charge in [-0.25, -0.2) is 0 Å². The number of phenols is 1. The second-order valence-electron chi connectivity index (χ2n) is 10.4. The summed E-state index contributed by atoms with van der Waals surface area (Å²) in [7, 11) is 1.40. The summed E-state index contributed by atoms with van der Waals surface area (Å²) in [4.78, 5) is 78.0. The van der Waals surface area contributed by atoms with Crippen LogP contribution in [-0.2, 0) is 28.8 Å². The number of methoxy groups -OCH3 is 1. The maximum Gasteiger partial charge on any atom is 0.305 e. The summed E-state index contributed by atoms with van der Waals surface area (Å²) >= 11 is 0. The number of phenolic OH excluding ortho intramolecular Hbond substituents is 1. The molecule has 6 atom stereocenters. The van der Waals surface area contributed by atoms with E-state index in [0.717, 1.165) is 9.80 Å². The molecule has 2 aliphatic heterocycles. The van der Waals surface area contributed by atoms with E-state index >= 15 is 0 Å². The van der Waals surface area contributed by atoms with Crippen molar-refractivity contribution in [2.75, 3.05) is 20.2 Å². The van der Waals surface area contributed by atoms with Crippen LogP contribution in [0.2, 0.25) is 0 Å². The van der Waals surface area contributed by atoms with Crippen LogP contribution in [0.1, 0.15) is 37.2 Å². The summed E-state index contributed by atoms with van der Waals surface area (Å²) in [6.45, 7) is -0.528. The molecule has 0 radical (unpaired) electrons. The maximum absolute atomic E-state index is 13.6. The number of carbonyl (C=O) groups is 6. The molecule has 5 rings (SSSR count). The zero-order valence-corrected chi connectivity index (χ0v) is 21.1. The van der Waals surface area contributed by atoms with Crippen molar-refractivity contribution in [1.29, 1.82) is 0 Å².